The van der Waals surface area contributed by atoms with Crippen molar-refractivity contribution in [2.75, 3.05) is 6.67 Å². The van der Waals surface area contributed by atoms with Crippen LogP contribution in [0.5, 0.6) is 0 Å². The van der Waals surface area contributed by atoms with E-state index in [1.807, 2.05) is 41.5 Å². The van der Waals surface area contributed by atoms with Gasteiger partial charge in [-0.15, -0.1) is 0 Å². The highest BCUT2D eigenvalue weighted by Crippen LogP contribution is 2.43. The minimum absolute atomic E-state index is 0.000000000000000666. The van der Waals surface area contributed by atoms with E-state index in [0.717, 1.165) is 0 Å². The molecule has 0 aliphatic rings. The van der Waals surface area contributed by atoms with Crippen molar-refractivity contribution in [3.8, 4) is 0 Å². The largest absolute Gasteiger partial charge is 0.298 e. The second-order valence-corrected chi connectivity index (χ2v) is 6.29. The molecule has 0 spiro atoms. The lowest BCUT2D eigenvalue weighted by Gasteiger charge is -2.42. The number of rotatable bonds is 2. The molecule has 0 aromatic rings. The minimum Gasteiger partial charge on any atom is -0.298 e. The maximum atomic E-state index is 13.1. The molecular formula is C12H23FO. The number of carbonyl (C=O) groups is 1. The smallest absolute Gasteiger partial charge is 0.147 e. The van der Waals surface area contributed by atoms with Gasteiger partial charge in [-0.1, -0.05) is 41.5 Å². The molecule has 2 heteroatoms. The number of ketones is 1. The first-order chi connectivity index (χ1) is 5.97. The van der Waals surface area contributed by atoms with Crippen LogP contribution in [0.25, 0.3) is 0 Å². The zero-order chi connectivity index (χ0) is 11.8. The molecule has 0 aliphatic carbocycles. The van der Waals surface area contributed by atoms with E-state index in [-0.39, 0.29) is 11.2 Å². The molecule has 0 saturated carbocycles. The molecule has 84 valence electrons. The standard InChI is InChI=1S/C12H23FO/c1-10(2,3)9(14)12(7,8-13)11(4,5)6/h8H2,1-7H3/t12-/m0/s1. The number of carbonyl (C=O) groups excluding carboxylic acids is 1. The molecule has 0 saturated heterocycles. The third kappa shape index (κ3) is 2.34. The van der Waals surface area contributed by atoms with Gasteiger partial charge in [0.2, 0.25) is 0 Å². The van der Waals surface area contributed by atoms with E-state index in [1.165, 1.54) is 0 Å². The second kappa shape index (κ2) is 3.63. The first-order valence-corrected chi connectivity index (χ1v) is 5.07. The van der Waals surface area contributed by atoms with E-state index in [9.17, 15) is 9.18 Å². The summed E-state index contributed by atoms with van der Waals surface area (Å²) in [5, 5.41) is 0. The monoisotopic (exact) mass is 202 g/mol. The van der Waals surface area contributed by atoms with E-state index < -0.39 is 17.5 Å². The van der Waals surface area contributed by atoms with Crippen LogP contribution in [-0.2, 0) is 4.79 Å². The van der Waals surface area contributed by atoms with Crippen LogP contribution in [0.15, 0.2) is 0 Å². The number of alkyl halides is 1. The average molecular weight is 202 g/mol. The average Bonchev–Trinajstić information content (AvgIpc) is 1.97. The Kier molecular flexibility index (Phi) is 3.53. The predicted molar refractivity (Wildman–Crippen MR) is 58.0 cm³/mol. The van der Waals surface area contributed by atoms with Gasteiger partial charge in [0.15, 0.2) is 0 Å². The van der Waals surface area contributed by atoms with Crippen molar-refractivity contribution in [1.29, 1.82) is 0 Å². The van der Waals surface area contributed by atoms with Gasteiger partial charge in [-0.3, -0.25) is 4.79 Å². The van der Waals surface area contributed by atoms with Crippen molar-refractivity contribution in [3.63, 3.8) is 0 Å². The predicted octanol–water partition coefficient (Wildman–Crippen LogP) is 3.62. The Morgan fingerprint density at radius 1 is 1.00 bits per heavy atom. The first-order valence-electron chi connectivity index (χ1n) is 5.07. The molecule has 0 fully saturated rings. The number of hydrogen-bond donors (Lipinski definition) is 0. The van der Waals surface area contributed by atoms with E-state index in [4.69, 9.17) is 0 Å². The molecule has 0 unspecified atom stereocenters. The van der Waals surface area contributed by atoms with Crippen LogP contribution in [0.4, 0.5) is 4.39 Å². The molecule has 0 aromatic heterocycles. The van der Waals surface area contributed by atoms with Gasteiger partial charge in [-0.25, -0.2) is 4.39 Å². The Morgan fingerprint density at radius 2 is 1.36 bits per heavy atom. The Morgan fingerprint density at radius 3 is 1.43 bits per heavy atom. The fourth-order valence-electron chi connectivity index (χ4n) is 1.43. The van der Waals surface area contributed by atoms with Crippen molar-refractivity contribution < 1.29 is 9.18 Å². The SMILES string of the molecule is CC(C)(C)C(=O)[C@](C)(CF)C(C)(C)C. The van der Waals surface area contributed by atoms with Crippen LogP contribution in [-0.4, -0.2) is 12.5 Å². The highest BCUT2D eigenvalue weighted by Gasteiger charge is 2.48. The summed E-state index contributed by atoms with van der Waals surface area (Å²) in [6, 6.07) is 0. The summed E-state index contributed by atoms with van der Waals surface area (Å²) in [4.78, 5) is 12.1. The van der Waals surface area contributed by atoms with E-state index in [2.05, 4.69) is 0 Å². The zero-order valence-electron chi connectivity index (χ0n) is 10.5. The topological polar surface area (TPSA) is 17.1 Å². The quantitative estimate of drug-likeness (QED) is 0.668. The fourth-order valence-corrected chi connectivity index (χ4v) is 1.43. The van der Waals surface area contributed by atoms with Gasteiger partial charge in [0.1, 0.15) is 12.5 Å². The Bertz CT molecular complexity index is 219. The van der Waals surface area contributed by atoms with Crippen molar-refractivity contribution in [2.24, 2.45) is 16.2 Å². The molecular weight excluding hydrogens is 179 g/mol. The maximum Gasteiger partial charge on any atom is 0.147 e. The van der Waals surface area contributed by atoms with Crippen LogP contribution >= 0.6 is 0 Å². The summed E-state index contributed by atoms with van der Waals surface area (Å²) in [5.41, 5.74) is -1.70. The van der Waals surface area contributed by atoms with Crippen LogP contribution in [0.3, 0.4) is 0 Å². The highest BCUT2D eigenvalue weighted by molar-refractivity contribution is 5.89. The molecule has 0 aromatic carbocycles. The minimum atomic E-state index is -0.884. The Labute approximate surface area is 87.1 Å². The Balaban J connectivity index is 5.19. The van der Waals surface area contributed by atoms with Crippen molar-refractivity contribution in [3.05, 3.63) is 0 Å². The summed E-state index contributed by atoms with van der Waals surface area (Å²) in [7, 11) is 0. The van der Waals surface area contributed by atoms with Gasteiger partial charge < -0.3 is 0 Å². The molecule has 0 heterocycles. The van der Waals surface area contributed by atoms with Gasteiger partial charge >= 0.3 is 0 Å². The summed E-state index contributed by atoms with van der Waals surface area (Å²) < 4.78 is 13.1. The van der Waals surface area contributed by atoms with Gasteiger partial charge in [-0.2, -0.15) is 0 Å². The van der Waals surface area contributed by atoms with Crippen molar-refractivity contribution in [1.82, 2.24) is 0 Å². The summed E-state index contributed by atoms with van der Waals surface area (Å²) in [6.45, 7) is 12.4. The molecule has 0 rings (SSSR count). The fraction of sp³-hybridized carbons (Fsp3) is 0.917. The van der Waals surface area contributed by atoms with Crippen LogP contribution in [0.1, 0.15) is 48.5 Å². The zero-order valence-corrected chi connectivity index (χ0v) is 10.5. The summed E-state index contributed by atoms with van der Waals surface area (Å²) >= 11 is 0. The second-order valence-electron chi connectivity index (χ2n) is 6.29. The van der Waals surface area contributed by atoms with Crippen LogP contribution in [0, 0.1) is 16.2 Å². The van der Waals surface area contributed by atoms with E-state index in [0.29, 0.717) is 0 Å². The Hall–Kier alpha value is -0.400. The molecule has 0 aliphatic heterocycles. The van der Waals surface area contributed by atoms with E-state index in [1.54, 1.807) is 6.92 Å². The lowest BCUT2D eigenvalue weighted by molar-refractivity contribution is -0.143. The van der Waals surface area contributed by atoms with Gasteiger partial charge in [0.25, 0.3) is 0 Å². The molecule has 1 nitrogen and oxygen atoms in total. The lowest BCUT2D eigenvalue weighted by atomic mass is 9.61. The molecule has 14 heavy (non-hydrogen) atoms. The van der Waals surface area contributed by atoms with Gasteiger partial charge in [0.05, 0.1) is 5.41 Å². The molecule has 0 radical (unpaired) electrons. The summed E-state index contributed by atoms with van der Waals surface area (Å²) in [5.74, 6) is 0.000000000000000666. The third-order valence-electron chi connectivity index (χ3n) is 3.10. The van der Waals surface area contributed by atoms with Crippen LogP contribution in [0.2, 0.25) is 0 Å². The first kappa shape index (κ1) is 13.6. The van der Waals surface area contributed by atoms with Gasteiger partial charge in [0, 0.05) is 5.41 Å². The summed E-state index contributed by atoms with van der Waals surface area (Å²) in [6.07, 6.45) is 0. The number of hydrogen-bond acceptors (Lipinski definition) is 1. The third-order valence-corrected chi connectivity index (χ3v) is 3.10. The maximum absolute atomic E-state index is 13.1. The normalized spacial score (nSPS) is 17.7. The number of halogens is 1. The van der Waals surface area contributed by atoms with Crippen LogP contribution < -0.4 is 0 Å². The lowest BCUT2D eigenvalue weighted by Crippen LogP contribution is -2.47. The molecule has 0 bridgehead atoms. The number of Topliss-reactive ketones (excluding diaryl/α,β-unsaturated/α-hetero) is 1. The van der Waals surface area contributed by atoms with E-state index >= 15 is 0 Å². The molecule has 0 amide bonds. The van der Waals surface area contributed by atoms with Gasteiger partial charge in [-0.05, 0) is 12.3 Å². The molecule has 1 atom stereocenters. The van der Waals surface area contributed by atoms with Crippen molar-refractivity contribution in [2.45, 2.75) is 48.5 Å². The highest BCUT2D eigenvalue weighted by atomic mass is 19.1. The van der Waals surface area contributed by atoms with Crippen molar-refractivity contribution >= 4 is 5.78 Å². The molecule has 0 N–H and O–H groups in total.